The van der Waals surface area contributed by atoms with E-state index in [9.17, 15) is 19.5 Å². The molecule has 236 valence electrons. The van der Waals surface area contributed by atoms with Gasteiger partial charge in [0.05, 0.1) is 22.1 Å². The Morgan fingerprint density at radius 3 is 1.83 bits per heavy atom. The number of carbonyl (C=O) groups is 1. The van der Waals surface area contributed by atoms with E-state index in [1.165, 1.54) is 10.8 Å². The van der Waals surface area contributed by atoms with Gasteiger partial charge in [0.15, 0.2) is 0 Å². The van der Waals surface area contributed by atoms with E-state index in [4.69, 9.17) is 0 Å². The molecule has 9 heteroatoms. The highest BCUT2D eigenvalue weighted by atomic mass is 16.4. The molecule has 0 bridgehead atoms. The summed E-state index contributed by atoms with van der Waals surface area (Å²) in [5.41, 5.74) is 2.26. The number of hydrogen-bond donors (Lipinski definition) is 2. The summed E-state index contributed by atoms with van der Waals surface area (Å²) in [6, 6.07) is 38.7. The van der Waals surface area contributed by atoms with Crippen molar-refractivity contribution in [1.82, 2.24) is 24.4 Å². The maximum absolute atomic E-state index is 13.7. The van der Waals surface area contributed by atoms with Crippen molar-refractivity contribution in [2.75, 3.05) is 0 Å². The Balaban J connectivity index is 1.38. The Morgan fingerprint density at radius 1 is 0.729 bits per heavy atom. The fraction of sp³-hybridized carbons (Fsp3) is 0.103. The number of carboxylic acid groups (broad SMARTS) is 1. The number of aliphatic carboxylic acids is 1. The van der Waals surface area contributed by atoms with Crippen LogP contribution in [-0.4, -0.2) is 36.2 Å². The summed E-state index contributed by atoms with van der Waals surface area (Å²) in [5, 5.41) is 15.3. The Kier molecular flexibility index (Phi) is 7.96. The Hall–Kier alpha value is -6.19. The SMILES string of the molecule is Cn1c(=O)n(-c2ccc(CC(NC(c3ccccc3)(c3ccccc3)c3ccccc3)C(=O)O)c3cccnc23)c(=O)c2cccnc21. The molecule has 1 atom stereocenters. The lowest BCUT2D eigenvalue weighted by molar-refractivity contribution is -0.139. The predicted octanol–water partition coefficient (Wildman–Crippen LogP) is 5.21. The van der Waals surface area contributed by atoms with Crippen molar-refractivity contribution >= 4 is 27.9 Å². The predicted molar refractivity (Wildman–Crippen MR) is 185 cm³/mol. The van der Waals surface area contributed by atoms with Gasteiger partial charge in [-0.3, -0.25) is 24.5 Å². The van der Waals surface area contributed by atoms with Crippen molar-refractivity contribution in [2.24, 2.45) is 7.05 Å². The number of rotatable bonds is 9. The molecule has 1 unspecified atom stereocenters. The maximum Gasteiger partial charge on any atom is 0.337 e. The normalized spacial score (nSPS) is 12.3. The van der Waals surface area contributed by atoms with Crippen LogP contribution < -0.4 is 16.6 Å². The van der Waals surface area contributed by atoms with E-state index in [1.54, 1.807) is 43.6 Å². The van der Waals surface area contributed by atoms with Gasteiger partial charge in [-0.2, -0.15) is 0 Å². The summed E-state index contributed by atoms with van der Waals surface area (Å²) >= 11 is 0. The van der Waals surface area contributed by atoms with Gasteiger partial charge >= 0.3 is 11.7 Å². The number of aromatic nitrogens is 4. The molecule has 0 aliphatic carbocycles. The van der Waals surface area contributed by atoms with Crippen LogP contribution in [0.4, 0.5) is 0 Å². The molecule has 48 heavy (non-hydrogen) atoms. The third-order valence-corrected chi connectivity index (χ3v) is 8.83. The van der Waals surface area contributed by atoms with Crippen molar-refractivity contribution in [3.63, 3.8) is 0 Å². The number of carboxylic acids is 1. The first-order valence-electron chi connectivity index (χ1n) is 15.5. The van der Waals surface area contributed by atoms with Crippen molar-refractivity contribution < 1.29 is 9.90 Å². The molecule has 9 nitrogen and oxygen atoms in total. The average molecular weight is 634 g/mol. The van der Waals surface area contributed by atoms with E-state index in [0.29, 0.717) is 27.5 Å². The van der Waals surface area contributed by atoms with E-state index in [0.717, 1.165) is 21.3 Å². The van der Waals surface area contributed by atoms with Crippen molar-refractivity contribution in [3.8, 4) is 5.69 Å². The number of nitrogens with one attached hydrogen (secondary N) is 1. The Morgan fingerprint density at radius 2 is 1.27 bits per heavy atom. The van der Waals surface area contributed by atoms with E-state index in [2.05, 4.69) is 15.3 Å². The third-order valence-electron chi connectivity index (χ3n) is 8.83. The first-order valence-corrected chi connectivity index (χ1v) is 15.5. The second kappa shape index (κ2) is 12.5. The summed E-state index contributed by atoms with van der Waals surface area (Å²) in [6.07, 6.45) is 3.21. The Bertz CT molecular complexity index is 2290. The number of pyridine rings is 2. The van der Waals surface area contributed by atoms with Gasteiger partial charge in [0.2, 0.25) is 0 Å². The van der Waals surface area contributed by atoms with Crippen LogP contribution in [0.3, 0.4) is 0 Å². The molecule has 7 aromatic rings. The number of nitrogens with zero attached hydrogens (tertiary/aromatic N) is 4. The minimum atomic E-state index is -1.07. The lowest BCUT2D eigenvalue weighted by Crippen LogP contribution is -2.53. The topological polar surface area (TPSA) is 119 Å². The molecular weight excluding hydrogens is 602 g/mol. The smallest absolute Gasteiger partial charge is 0.337 e. The van der Waals surface area contributed by atoms with E-state index < -0.39 is 28.8 Å². The zero-order valence-electron chi connectivity index (χ0n) is 26.0. The summed E-state index contributed by atoms with van der Waals surface area (Å²) in [4.78, 5) is 49.2. The van der Waals surface area contributed by atoms with Crippen LogP contribution in [0.25, 0.3) is 27.6 Å². The third kappa shape index (κ3) is 5.16. The van der Waals surface area contributed by atoms with Gasteiger partial charge < -0.3 is 5.11 Å². The van der Waals surface area contributed by atoms with Gasteiger partial charge in [-0.25, -0.2) is 14.3 Å². The van der Waals surface area contributed by atoms with Gasteiger partial charge in [-0.05, 0) is 52.9 Å². The van der Waals surface area contributed by atoms with Crippen molar-refractivity contribution in [1.29, 1.82) is 0 Å². The largest absolute Gasteiger partial charge is 0.480 e. The monoisotopic (exact) mass is 633 g/mol. The van der Waals surface area contributed by atoms with Gasteiger partial charge in [0, 0.05) is 24.8 Å². The zero-order valence-corrected chi connectivity index (χ0v) is 26.0. The molecule has 0 aliphatic rings. The highest BCUT2D eigenvalue weighted by Crippen LogP contribution is 2.38. The average Bonchev–Trinajstić information content (AvgIpc) is 3.14. The number of hydrogen-bond acceptors (Lipinski definition) is 6. The molecule has 0 aliphatic heterocycles. The second-order valence-corrected chi connectivity index (χ2v) is 11.6. The van der Waals surface area contributed by atoms with Crippen LogP contribution in [0.1, 0.15) is 22.3 Å². The number of aryl methyl sites for hydroxylation is 1. The van der Waals surface area contributed by atoms with Gasteiger partial charge in [-0.1, -0.05) is 103 Å². The summed E-state index contributed by atoms with van der Waals surface area (Å²) in [5.74, 6) is -1.03. The Labute approximate surface area is 275 Å². The van der Waals surface area contributed by atoms with Crippen molar-refractivity contribution in [2.45, 2.75) is 18.0 Å². The molecular formula is C39H31N5O4. The van der Waals surface area contributed by atoms with Crippen molar-refractivity contribution in [3.05, 3.63) is 183 Å². The van der Waals surface area contributed by atoms with E-state index >= 15 is 0 Å². The molecule has 0 spiro atoms. The van der Waals surface area contributed by atoms with Gasteiger partial charge in [0.25, 0.3) is 5.56 Å². The van der Waals surface area contributed by atoms with Gasteiger partial charge in [0.1, 0.15) is 11.7 Å². The number of fused-ring (bicyclic) bond motifs is 2. The van der Waals surface area contributed by atoms with Crippen LogP contribution in [0.2, 0.25) is 0 Å². The molecule has 0 radical (unpaired) electrons. The van der Waals surface area contributed by atoms with Crippen LogP contribution >= 0.6 is 0 Å². The summed E-state index contributed by atoms with van der Waals surface area (Å²) < 4.78 is 2.43. The standard InChI is InChI=1S/C39H31N5O4/c1-43-35-31(20-12-24-41-35)36(45)44(38(43)48)33-22-21-26(30-19-11-23-40-34(30)33)25-32(37(46)47)42-39(27-13-5-2-6-14-27,28-15-7-3-8-16-28)29-17-9-4-10-18-29/h2-24,32,42H,25H2,1H3,(H,46,47). The quantitative estimate of drug-likeness (QED) is 0.210. The van der Waals surface area contributed by atoms with Crippen LogP contribution in [0, 0.1) is 0 Å². The molecule has 3 heterocycles. The van der Waals surface area contributed by atoms with E-state index in [-0.39, 0.29) is 12.1 Å². The molecule has 7 rings (SSSR count). The first-order chi connectivity index (χ1) is 23.4. The maximum atomic E-state index is 13.7. The molecule has 4 aromatic carbocycles. The molecule has 2 N–H and O–H groups in total. The lowest BCUT2D eigenvalue weighted by atomic mass is 9.76. The van der Waals surface area contributed by atoms with Crippen LogP contribution in [0.5, 0.6) is 0 Å². The summed E-state index contributed by atoms with van der Waals surface area (Å²) in [6.45, 7) is 0. The minimum Gasteiger partial charge on any atom is -0.480 e. The highest BCUT2D eigenvalue weighted by Gasteiger charge is 2.40. The number of benzene rings is 4. The molecule has 0 fully saturated rings. The van der Waals surface area contributed by atoms with Gasteiger partial charge in [-0.15, -0.1) is 0 Å². The fourth-order valence-electron chi connectivity index (χ4n) is 6.56. The highest BCUT2D eigenvalue weighted by molar-refractivity contribution is 5.90. The molecule has 0 saturated carbocycles. The fourth-order valence-corrected chi connectivity index (χ4v) is 6.56. The molecule has 0 saturated heterocycles. The zero-order chi connectivity index (χ0) is 33.3. The lowest BCUT2D eigenvalue weighted by Gasteiger charge is -2.39. The summed E-state index contributed by atoms with van der Waals surface area (Å²) in [7, 11) is 1.57. The molecule has 3 aromatic heterocycles. The first kappa shape index (κ1) is 30.5. The molecule has 0 amide bonds. The van der Waals surface area contributed by atoms with Crippen LogP contribution in [-0.2, 0) is 23.8 Å². The van der Waals surface area contributed by atoms with Crippen LogP contribution in [0.15, 0.2) is 149 Å². The van der Waals surface area contributed by atoms with E-state index in [1.807, 2.05) is 97.1 Å². The minimum absolute atomic E-state index is 0.0839. The second-order valence-electron chi connectivity index (χ2n) is 11.6.